The van der Waals surface area contributed by atoms with Gasteiger partial charge < -0.3 is 20.3 Å². The number of urea groups is 1. The van der Waals surface area contributed by atoms with E-state index in [4.69, 9.17) is 4.74 Å². The Bertz CT molecular complexity index is 707. The molecule has 0 aromatic heterocycles. The van der Waals surface area contributed by atoms with Crippen molar-refractivity contribution in [3.8, 4) is 5.75 Å². The Morgan fingerprint density at radius 1 is 1.27 bits per heavy atom. The Balaban J connectivity index is 1.31. The fourth-order valence-corrected chi connectivity index (χ4v) is 3.76. The van der Waals surface area contributed by atoms with Gasteiger partial charge in [0.1, 0.15) is 6.04 Å². The summed E-state index contributed by atoms with van der Waals surface area (Å²) in [5, 5.41) is 5.38. The molecule has 0 bridgehead atoms. The van der Waals surface area contributed by atoms with Crippen LogP contribution in [-0.4, -0.2) is 41.6 Å². The van der Waals surface area contributed by atoms with Crippen LogP contribution in [0.25, 0.3) is 0 Å². The molecular weight excluding hydrogens is 337 g/mol. The molecular formula is C19H24FN3O3. The van der Waals surface area contributed by atoms with Gasteiger partial charge in [0.2, 0.25) is 5.91 Å². The van der Waals surface area contributed by atoms with Crippen LogP contribution in [0.4, 0.5) is 9.18 Å². The molecule has 2 saturated heterocycles. The molecule has 26 heavy (non-hydrogen) atoms. The summed E-state index contributed by atoms with van der Waals surface area (Å²) < 4.78 is 19.9. The molecule has 0 radical (unpaired) electrons. The van der Waals surface area contributed by atoms with E-state index in [2.05, 4.69) is 10.6 Å². The number of piperidine rings is 1. The van der Waals surface area contributed by atoms with Gasteiger partial charge in [0.15, 0.2) is 11.6 Å². The highest BCUT2D eigenvalue weighted by atomic mass is 19.1. The zero-order valence-corrected chi connectivity index (χ0v) is 14.7. The average Bonchev–Trinajstić information content (AvgIpc) is 3.40. The Hall–Kier alpha value is -2.31. The molecule has 2 heterocycles. The van der Waals surface area contributed by atoms with Crippen LogP contribution in [0.15, 0.2) is 18.2 Å². The van der Waals surface area contributed by atoms with Crippen molar-refractivity contribution in [2.75, 3.05) is 6.54 Å². The molecule has 2 atom stereocenters. The maximum absolute atomic E-state index is 14.4. The number of fused-ring (bicyclic) bond motifs is 1. The van der Waals surface area contributed by atoms with Crippen LogP contribution in [0.5, 0.6) is 5.75 Å². The summed E-state index contributed by atoms with van der Waals surface area (Å²) in [5.74, 6) is -0.209. The fraction of sp³-hybridized carbons (Fsp3) is 0.579. The molecule has 2 aliphatic heterocycles. The van der Waals surface area contributed by atoms with E-state index in [-0.39, 0.29) is 30.3 Å². The molecule has 3 aliphatic rings. The van der Waals surface area contributed by atoms with Gasteiger partial charge in [-0.15, -0.1) is 0 Å². The lowest BCUT2D eigenvalue weighted by Crippen LogP contribution is -2.46. The normalized spacial score (nSPS) is 25.0. The Morgan fingerprint density at radius 3 is 2.88 bits per heavy atom. The van der Waals surface area contributed by atoms with E-state index in [1.54, 1.807) is 18.2 Å². The highest BCUT2D eigenvalue weighted by molar-refractivity contribution is 5.89. The predicted molar refractivity (Wildman–Crippen MR) is 93.2 cm³/mol. The molecule has 6 nitrogen and oxygen atoms in total. The van der Waals surface area contributed by atoms with Crippen LogP contribution in [0.3, 0.4) is 0 Å². The number of halogens is 1. The third kappa shape index (κ3) is 3.61. The zero-order valence-electron chi connectivity index (χ0n) is 14.7. The predicted octanol–water partition coefficient (Wildman–Crippen LogP) is 2.32. The van der Waals surface area contributed by atoms with Gasteiger partial charge in [-0.1, -0.05) is 12.1 Å². The van der Waals surface area contributed by atoms with Crippen molar-refractivity contribution in [2.24, 2.45) is 0 Å². The van der Waals surface area contributed by atoms with Crippen LogP contribution in [-0.2, 0) is 11.3 Å². The first-order chi connectivity index (χ1) is 12.6. The van der Waals surface area contributed by atoms with Crippen molar-refractivity contribution >= 4 is 11.9 Å². The summed E-state index contributed by atoms with van der Waals surface area (Å²) >= 11 is 0. The lowest BCUT2D eigenvalue weighted by Gasteiger charge is -2.28. The van der Waals surface area contributed by atoms with Crippen LogP contribution < -0.4 is 15.4 Å². The maximum atomic E-state index is 14.4. The fourth-order valence-electron chi connectivity index (χ4n) is 3.76. The maximum Gasteiger partial charge on any atom is 0.315 e. The highest BCUT2D eigenvalue weighted by Gasteiger charge is 2.41. The molecule has 140 valence electrons. The largest absolute Gasteiger partial charge is 0.487 e. The van der Waals surface area contributed by atoms with E-state index in [1.807, 2.05) is 4.90 Å². The number of nitrogens with zero attached hydrogens (tertiary/aromatic N) is 1. The van der Waals surface area contributed by atoms with Crippen molar-refractivity contribution in [2.45, 2.75) is 63.3 Å². The first-order valence-electron chi connectivity index (χ1n) is 9.40. The van der Waals surface area contributed by atoms with Crippen molar-refractivity contribution < 1.29 is 18.7 Å². The van der Waals surface area contributed by atoms with Gasteiger partial charge in [-0.25, -0.2) is 9.18 Å². The summed E-state index contributed by atoms with van der Waals surface area (Å²) in [5.41, 5.74) is 0.369. The zero-order chi connectivity index (χ0) is 18.1. The molecule has 1 aromatic carbocycles. The minimum atomic E-state index is -0.479. The molecule has 0 spiro atoms. The van der Waals surface area contributed by atoms with Crippen LogP contribution in [0.1, 0.15) is 44.1 Å². The number of ether oxygens (including phenoxy) is 1. The topological polar surface area (TPSA) is 70.7 Å². The van der Waals surface area contributed by atoms with Crippen LogP contribution in [0.2, 0.25) is 0 Å². The van der Waals surface area contributed by atoms with Gasteiger partial charge in [0, 0.05) is 24.7 Å². The monoisotopic (exact) mass is 361 g/mol. The van der Waals surface area contributed by atoms with Gasteiger partial charge in [0.25, 0.3) is 0 Å². The number of carbonyl (C=O) groups excluding carboxylic acids is 2. The van der Waals surface area contributed by atoms with E-state index >= 15 is 0 Å². The summed E-state index contributed by atoms with van der Waals surface area (Å²) in [6.07, 6.45) is 5.85. The molecule has 7 heteroatoms. The second-order valence-electron chi connectivity index (χ2n) is 7.34. The smallest absolute Gasteiger partial charge is 0.315 e. The van der Waals surface area contributed by atoms with E-state index < -0.39 is 17.9 Å². The molecule has 1 aliphatic carbocycles. The first-order valence-corrected chi connectivity index (χ1v) is 9.40. The second-order valence-corrected chi connectivity index (χ2v) is 7.34. The van der Waals surface area contributed by atoms with E-state index in [0.29, 0.717) is 12.0 Å². The Kier molecular flexibility index (Phi) is 4.70. The second kappa shape index (κ2) is 7.13. The van der Waals surface area contributed by atoms with E-state index in [0.717, 1.165) is 38.6 Å². The number of nitrogens with one attached hydrogen (secondary N) is 2. The van der Waals surface area contributed by atoms with Gasteiger partial charge in [-0.3, -0.25) is 4.79 Å². The minimum absolute atomic E-state index is 0.00383. The number of hydrogen-bond acceptors (Lipinski definition) is 3. The van der Waals surface area contributed by atoms with Gasteiger partial charge in [-0.2, -0.15) is 0 Å². The van der Waals surface area contributed by atoms with Crippen LogP contribution >= 0.6 is 0 Å². The van der Waals surface area contributed by atoms with Crippen LogP contribution in [0, 0.1) is 5.82 Å². The number of rotatable bonds is 5. The summed E-state index contributed by atoms with van der Waals surface area (Å²) in [7, 11) is 0. The van der Waals surface area contributed by atoms with Gasteiger partial charge in [-0.05, 0) is 44.6 Å². The average molecular weight is 361 g/mol. The number of carbonyl (C=O) groups is 2. The Morgan fingerprint density at radius 2 is 2.12 bits per heavy atom. The SMILES string of the molecule is O=C(NCc1cccc(OC2CC2)c1F)NC1CC2CCCCN2C1=O. The first kappa shape index (κ1) is 17.1. The lowest BCUT2D eigenvalue weighted by atomic mass is 10.0. The van der Waals surface area contributed by atoms with Gasteiger partial charge in [0.05, 0.1) is 6.10 Å². The van der Waals surface area contributed by atoms with Crippen molar-refractivity contribution in [3.05, 3.63) is 29.6 Å². The lowest BCUT2D eigenvalue weighted by molar-refractivity contribution is -0.131. The van der Waals surface area contributed by atoms with Crippen molar-refractivity contribution in [3.63, 3.8) is 0 Å². The Labute approximate surface area is 152 Å². The van der Waals surface area contributed by atoms with E-state index in [9.17, 15) is 14.0 Å². The third-order valence-electron chi connectivity index (χ3n) is 5.32. The third-order valence-corrected chi connectivity index (χ3v) is 5.32. The molecule has 2 N–H and O–H groups in total. The minimum Gasteiger partial charge on any atom is -0.487 e. The number of hydrogen-bond donors (Lipinski definition) is 2. The molecule has 3 fully saturated rings. The van der Waals surface area contributed by atoms with Crippen molar-refractivity contribution in [1.82, 2.24) is 15.5 Å². The summed E-state index contributed by atoms with van der Waals surface area (Å²) in [4.78, 5) is 26.4. The van der Waals surface area contributed by atoms with Crippen molar-refractivity contribution in [1.29, 1.82) is 0 Å². The summed E-state index contributed by atoms with van der Waals surface area (Å²) in [6, 6.07) is 4.26. The quantitative estimate of drug-likeness (QED) is 0.846. The molecule has 3 amide bonds. The summed E-state index contributed by atoms with van der Waals surface area (Å²) in [6.45, 7) is 0.829. The molecule has 1 aromatic rings. The number of amides is 3. The standard InChI is InChI=1S/C19H24FN3O3/c20-17-12(4-3-6-16(17)26-14-7-8-14)11-21-19(25)22-15-10-13-5-1-2-9-23(13)18(15)24/h3-4,6,13-15H,1-2,5,7-11H2,(H2,21,22,25). The van der Waals surface area contributed by atoms with Gasteiger partial charge >= 0.3 is 6.03 Å². The van der Waals surface area contributed by atoms with E-state index in [1.165, 1.54) is 0 Å². The molecule has 4 rings (SSSR count). The molecule has 1 saturated carbocycles. The highest BCUT2D eigenvalue weighted by Crippen LogP contribution is 2.30. The molecule has 2 unspecified atom stereocenters. The number of benzene rings is 1.